The van der Waals surface area contributed by atoms with Gasteiger partial charge in [-0.05, 0) is 83.1 Å². The first-order valence-corrected chi connectivity index (χ1v) is 15.3. The minimum Gasteiger partial charge on any atom is -0.497 e. The molecule has 0 radical (unpaired) electrons. The van der Waals surface area contributed by atoms with E-state index in [0.29, 0.717) is 15.9 Å². The Kier molecular flexibility index (Phi) is 6.56. The molecule has 1 aliphatic carbocycles. The highest BCUT2D eigenvalue weighted by molar-refractivity contribution is 7.07. The highest BCUT2D eigenvalue weighted by Gasteiger charge is 2.32. The summed E-state index contributed by atoms with van der Waals surface area (Å²) in [5, 5.41) is 0. The third-order valence-corrected chi connectivity index (χ3v) is 9.31. The Hall–Kier alpha value is -5.08. The number of allylic oxidation sites excluding steroid dienone is 1. The van der Waals surface area contributed by atoms with E-state index >= 15 is 0 Å². The van der Waals surface area contributed by atoms with Gasteiger partial charge in [-0.1, -0.05) is 65.9 Å². The molecular weight excluding hydrogens is 572 g/mol. The summed E-state index contributed by atoms with van der Waals surface area (Å²) in [6.45, 7) is 0.658. The lowest BCUT2D eigenvalue weighted by atomic mass is 9.83. The largest absolute Gasteiger partial charge is 0.497 e. The van der Waals surface area contributed by atoms with Gasteiger partial charge in [-0.3, -0.25) is 9.36 Å². The molecule has 0 N–H and O–H groups in total. The fourth-order valence-corrected chi connectivity index (χ4v) is 7.12. The van der Waals surface area contributed by atoms with E-state index in [-0.39, 0.29) is 18.4 Å². The van der Waals surface area contributed by atoms with Crippen LogP contribution in [0, 0.1) is 0 Å². The zero-order valence-electron chi connectivity index (χ0n) is 24.0. The molecule has 218 valence electrons. The highest BCUT2D eigenvalue weighted by Crippen LogP contribution is 2.41. The van der Waals surface area contributed by atoms with E-state index in [0.717, 1.165) is 63.8 Å². The van der Waals surface area contributed by atoms with Gasteiger partial charge < -0.3 is 18.9 Å². The van der Waals surface area contributed by atoms with Crippen LogP contribution in [0.25, 0.3) is 11.8 Å². The number of aromatic nitrogens is 1. The van der Waals surface area contributed by atoms with Crippen LogP contribution in [-0.2, 0) is 13.0 Å². The van der Waals surface area contributed by atoms with Crippen LogP contribution < -0.4 is 33.8 Å². The molecule has 8 heteroatoms. The molecule has 44 heavy (non-hydrogen) atoms. The van der Waals surface area contributed by atoms with Gasteiger partial charge in [-0.2, -0.15) is 0 Å². The van der Waals surface area contributed by atoms with E-state index in [1.807, 2.05) is 65.2 Å². The van der Waals surface area contributed by atoms with Gasteiger partial charge in [0.1, 0.15) is 18.1 Å². The maximum absolute atomic E-state index is 14.0. The summed E-state index contributed by atoms with van der Waals surface area (Å²) in [5.74, 6) is 3.02. The summed E-state index contributed by atoms with van der Waals surface area (Å²) in [6, 6.07) is 29.8. The zero-order chi connectivity index (χ0) is 29.6. The molecule has 0 saturated carbocycles. The molecule has 1 aromatic heterocycles. The van der Waals surface area contributed by atoms with Gasteiger partial charge >= 0.3 is 0 Å². The third kappa shape index (κ3) is 4.68. The average Bonchev–Trinajstić information content (AvgIpc) is 3.67. The van der Waals surface area contributed by atoms with Crippen LogP contribution in [0.1, 0.15) is 40.3 Å². The molecule has 1 atom stereocenters. The van der Waals surface area contributed by atoms with Crippen LogP contribution in [0.4, 0.5) is 0 Å². The number of ether oxygens (including phenoxy) is 4. The van der Waals surface area contributed by atoms with Crippen molar-refractivity contribution in [2.24, 2.45) is 4.99 Å². The van der Waals surface area contributed by atoms with Crippen molar-refractivity contribution >= 4 is 23.1 Å². The number of aryl methyl sites for hydroxylation is 1. The normalized spacial score (nSPS) is 16.6. The average molecular weight is 601 g/mol. The Morgan fingerprint density at radius 2 is 1.73 bits per heavy atom. The first-order chi connectivity index (χ1) is 21.6. The van der Waals surface area contributed by atoms with Gasteiger partial charge in [0.15, 0.2) is 16.3 Å². The second-order valence-electron chi connectivity index (χ2n) is 10.9. The van der Waals surface area contributed by atoms with Crippen LogP contribution in [0.5, 0.6) is 23.0 Å². The fourth-order valence-electron chi connectivity index (χ4n) is 6.12. The summed E-state index contributed by atoms with van der Waals surface area (Å²) in [6.07, 6.45) is 3.71. The minimum atomic E-state index is -0.227. The van der Waals surface area contributed by atoms with Crippen LogP contribution in [0.3, 0.4) is 0 Å². The first kappa shape index (κ1) is 26.5. The molecule has 0 fully saturated rings. The standard InChI is InChI=1S/C36H28N2O5S/c1-40-26-14-9-25(10-15-26)34-29-16-11-24-4-2-3-5-28(24)33(29)37-36-38(34)35(39)32(44-36)19-22-6-12-27(13-7-22)41-20-23-8-17-30-31(18-23)43-21-42-30/h2-10,12-15,17-19,34H,11,16,20-21H2,1H3/b32-19+/t34-/m0/s1. The molecule has 2 aliphatic heterocycles. The second kappa shape index (κ2) is 10.9. The maximum atomic E-state index is 14.0. The lowest BCUT2D eigenvalue weighted by Crippen LogP contribution is -2.38. The Morgan fingerprint density at radius 1 is 0.932 bits per heavy atom. The minimum absolute atomic E-state index is 0.0388. The van der Waals surface area contributed by atoms with Gasteiger partial charge in [0.05, 0.1) is 23.4 Å². The number of rotatable bonds is 6. The van der Waals surface area contributed by atoms with Gasteiger partial charge in [0.25, 0.3) is 5.56 Å². The van der Waals surface area contributed by atoms with Gasteiger partial charge in [-0.25, -0.2) is 4.99 Å². The molecule has 0 saturated heterocycles. The van der Waals surface area contributed by atoms with Crippen LogP contribution in [0.2, 0.25) is 0 Å². The number of benzene rings is 4. The van der Waals surface area contributed by atoms with E-state index in [1.165, 1.54) is 22.5 Å². The molecular formula is C36H28N2O5S. The van der Waals surface area contributed by atoms with Crippen molar-refractivity contribution in [2.45, 2.75) is 25.5 Å². The fraction of sp³-hybridized carbons (Fsp3) is 0.167. The first-order valence-electron chi connectivity index (χ1n) is 14.5. The maximum Gasteiger partial charge on any atom is 0.271 e. The Balaban J connectivity index is 1.13. The highest BCUT2D eigenvalue weighted by atomic mass is 32.1. The smallest absolute Gasteiger partial charge is 0.271 e. The van der Waals surface area contributed by atoms with E-state index in [4.69, 9.17) is 23.9 Å². The summed E-state index contributed by atoms with van der Waals surface area (Å²) < 4.78 is 24.8. The lowest BCUT2D eigenvalue weighted by molar-refractivity contribution is 0.174. The SMILES string of the molecule is COc1ccc([C@H]2C3=C(N=c4s/c(=C/c5ccc(OCc6ccc7c(c6)OCO7)cc5)c(=O)n42)c2ccccc2CC3)cc1. The van der Waals surface area contributed by atoms with Crippen molar-refractivity contribution in [3.8, 4) is 23.0 Å². The van der Waals surface area contributed by atoms with Crippen molar-refractivity contribution in [1.29, 1.82) is 0 Å². The van der Waals surface area contributed by atoms with Crippen LogP contribution in [-0.4, -0.2) is 18.5 Å². The molecule has 3 heterocycles. The zero-order valence-corrected chi connectivity index (χ0v) is 24.8. The number of hydrogen-bond donors (Lipinski definition) is 0. The van der Waals surface area contributed by atoms with Crippen molar-refractivity contribution in [2.75, 3.05) is 13.9 Å². The molecule has 0 amide bonds. The van der Waals surface area contributed by atoms with Crippen molar-refractivity contribution in [1.82, 2.24) is 4.57 Å². The van der Waals surface area contributed by atoms with E-state index in [1.54, 1.807) is 7.11 Å². The topological polar surface area (TPSA) is 71.3 Å². The van der Waals surface area contributed by atoms with Gasteiger partial charge in [0, 0.05) is 5.56 Å². The number of hydrogen-bond acceptors (Lipinski definition) is 7. The summed E-state index contributed by atoms with van der Waals surface area (Å²) in [5.41, 5.74) is 7.54. The third-order valence-electron chi connectivity index (χ3n) is 8.32. The summed E-state index contributed by atoms with van der Waals surface area (Å²) in [7, 11) is 1.66. The second-order valence-corrected chi connectivity index (χ2v) is 11.9. The molecule has 0 bridgehead atoms. The van der Waals surface area contributed by atoms with E-state index in [9.17, 15) is 4.79 Å². The molecule has 4 aromatic carbocycles. The number of thiazole rings is 1. The Morgan fingerprint density at radius 3 is 2.57 bits per heavy atom. The predicted molar refractivity (Wildman–Crippen MR) is 169 cm³/mol. The number of methoxy groups -OCH3 is 1. The summed E-state index contributed by atoms with van der Waals surface area (Å²) in [4.78, 5) is 19.9. The molecule has 7 nitrogen and oxygen atoms in total. The Bertz CT molecular complexity index is 2110. The van der Waals surface area contributed by atoms with E-state index < -0.39 is 0 Å². The molecule has 0 unspecified atom stereocenters. The van der Waals surface area contributed by atoms with Crippen LogP contribution in [0.15, 0.2) is 106 Å². The number of fused-ring (bicyclic) bond motifs is 4. The monoisotopic (exact) mass is 600 g/mol. The van der Waals surface area contributed by atoms with E-state index in [2.05, 4.69) is 36.4 Å². The van der Waals surface area contributed by atoms with Gasteiger partial charge in [-0.15, -0.1) is 0 Å². The van der Waals surface area contributed by atoms with Crippen molar-refractivity contribution in [3.63, 3.8) is 0 Å². The quantitative estimate of drug-likeness (QED) is 0.253. The van der Waals surface area contributed by atoms with Crippen molar-refractivity contribution < 1.29 is 18.9 Å². The Labute approximate surface area is 257 Å². The summed E-state index contributed by atoms with van der Waals surface area (Å²) >= 11 is 1.43. The van der Waals surface area contributed by atoms with Gasteiger partial charge in [0.2, 0.25) is 6.79 Å². The van der Waals surface area contributed by atoms with Crippen LogP contribution >= 0.6 is 11.3 Å². The molecule has 0 spiro atoms. The molecule has 3 aliphatic rings. The predicted octanol–water partition coefficient (Wildman–Crippen LogP) is 5.64. The molecule has 8 rings (SSSR count). The lowest BCUT2D eigenvalue weighted by Gasteiger charge is -2.30. The van der Waals surface area contributed by atoms with Crippen molar-refractivity contribution in [3.05, 3.63) is 144 Å². The number of nitrogens with zero attached hydrogens (tertiary/aromatic N) is 2. The molecule has 5 aromatic rings.